The zero-order valence-corrected chi connectivity index (χ0v) is 18.8. The molecule has 2 aromatic heterocycles. The summed E-state index contributed by atoms with van der Waals surface area (Å²) >= 11 is 0. The van der Waals surface area contributed by atoms with Gasteiger partial charge < -0.3 is 10.1 Å². The number of sulfonamides is 1. The first kappa shape index (κ1) is 23.8. The Bertz CT molecular complexity index is 1100. The standard InChI is InChI=1S/C19H24F3N5O4S/c1-10(2)12-8-14(19(20,21)22)24-15(11(3)4)16(12)25-18(28)26-32(29,30)13-9-23-27-6-5-7-31-17(13)27/h8-11H,5-7H2,1-4H3,(H2,25,26,28). The van der Waals surface area contributed by atoms with E-state index < -0.39 is 39.8 Å². The highest BCUT2D eigenvalue weighted by Gasteiger charge is 2.35. The average Bonchev–Trinajstić information content (AvgIpc) is 3.11. The third-order valence-corrected chi connectivity index (χ3v) is 6.12. The van der Waals surface area contributed by atoms with Crippen molar-refractivity contribution in [2.45, 2.75) is 63.6 Å². The lowest BCUT2D eigenvalue weighted by atomic mass is 9.96. The number of pyridine rings is 1. The number of fused-ring (bicyclic) bond motifs is 1. The summed E-state index contributed by atoms with van der Waals surface area (Å²) in [6.07, 6.45) is -2.92. The van der Waals surface area contributed by atoms with E-state index in [0.29, 0.717) is 19.6 Å². The molecule has 2 N–H and O–H groups in total. The molecule has 0 aromatic carbocycles. The molecule has 0 saturated carbocycles. The monoisotopic (exact) mass is 475 g/mol. The maximum Gasteiger partial charge on any atom is 0.433 e. The van der Waals surface area contributed by atoms with Crippen molar-refractivity contribution in [1.29, 1.82) is 0 Å². The Morgan fingerprint density at radius 1 is 1.22 bits per heavy atom. The molecule has 0 saturated heterocycles. The highest BCUT2D eigenvalue weighted by atomic mass is 32.2. The van der Waals surface area contributed by atoms with Gasteiger partial charge >= 0.3 is 12.2 Å². The first-order valence-electron chi connectivity index (χ1n) is 9.95. The molecule has 0 radical (unpaired) electrons. The number of hydrogen-bond acceptors (Lipinski definition) is 6. The third kappa shape index (κ3) is 4.81. The largest absolute Gasteiger partial charge is 0.477 e. The van der Waals surface area contributed by atoms with Gasteiger partial charge in [-0.2, -0.15) is 18.3 Å². The van der Waals surface area contributed by atoms with Crippen LogP contribution in [0.2, 0.25) is 0 Å². The highest BCUT2D eigenvalue weighted by Crippen LogP contribution is 2.37. The van der Waals surface area contributed by atoms with Crippen LogP contribution in [0.1, 0.15) is 62.9 Å². The number of hydrogen-bond donors (Lipinski definition) is 2. The van der Waals surface area contributed by atoms with Crippen molar-refractivity contribution < 1.29 is 31.1 Å². The van der Waals surface area contributed by atoms with Crippen molar-refractivity contribution in [2.75, 3.05) is 11.9 Å². The molecule has 0 aliphatic carbocycles. The predicted molar refractivity (Wildman–Crippen MR) is 109 cm³/mol. The van der Waals surface area contributed by atoms with Gasteiger partial charge in [-0.15, -0.1) is 0 Å². The lowest BCUT2D eigenvalue weighted by Crippen LogP contribution is -2.35. The molecule has 0 spiro atoms. The zero-order valence-electron chi connectivity index (χ0n) is 17.9. The van der Waals surface area contributed by atoms with Gasteiger partial charge in [-0.3, -0.25) is 0 Å². The van der Waals surface area contributed by atoms with Gasteiger partial charge in [0.05, 0.1) is 24.2 Å². The summed E-state index contributed by atoms with van der Waals surface area (Å²) in [6.45, 7) is 7.37. The Kier molecular flexibility index (Phi) is 6.40. The number of carbonyl (C=O) groups excluding carboxylic acids is 1. The SMILES string of the molecule is CC(C)c1cc(C(F)(F)F)nc(C(C)C)c1NC(=O)NS(=O)(=O)c1cnn2c1OCCC2. The van der Waals surface area contributed by atoms with E-state index in [0.717, 1.165) is 12.3 Å². The fraction of sp³-hybridized carbons (Fsp3) is 0.526. The van der Waals surface area contributed by atoms with E-state index in [1.165, 1.54) is 4.68 Å². The Balaban J connectivity index is 1.94. The number of aromatic nitrogens is 3. The minimum atomic E-state index is -4.67. The number of anilines is 1. The Morgan fingerprint density at radius 3 is 2.50 bits per heavy atom. The van der Waals surface area contributed by atoms with Crippen LogP contribution in [-0.4, -0.2) is 35.8 Å². The smallest absolute Gasteiger partial charge is 0.433 e. The minimum absolute atomic E-state index is 0.00215. The second kappa shape index (κ2) is 8.60. The number of alkyl halides is 3. The van der Waals surface area contributed by atoms with Crippen LogP contribution in [0.25, 0.3) is 0 Å². The van der Waals surface area contributed by atoms with Gasteiger partial charge in [0.2, 0.25) is 5.88 Å². The van der Waals surface area contributed by atoms with Gasteiger partial charge in [-0.25, -0.2) is 27.6 Å². The van der Waals surface area contributed by atoms with E-state index in [1.807, 2.05) is 4.72 Å². The zero-order chi connectivity index (χ0) is 23.8. The number of ether oxygens (including phenoxy) is 1. The molecule has 3 heterocycles. The van der Waals surface area contributed by atoms with Crippen molar-refractivity contribution in [3.05, 3.63) is 29.2 Å². The Morgan fingerprint density at radius 2 is 1.91 bits per heavy atom. The second-order valence-electron chi connectivity index (χ2n) is 7.96. The fourth-order valence-corrected chi connectivity index (χ4v) is 4.27. The Hall–Kier alpha value is -2.83. The normalized spacial score (nSPS) is 14.3. The summed E-state index contributed by atoms with van der Waals surface area (Å²) < 4.78 is 74.0. The summed E-state index contributed by atoms with van der Waals surface area (Å²) in [5, 5.41) is 6.34. The second-order valence-corrected chi connectivity index (χ2v) is 9.61. The molecule has 32 heavy (non-hydrogen) atoms. The van der Waals surface area contributed by atoms with Crippen LogP contribution >= 0.6 is 0 Å². The number of aryl methyl sites for hydroxylation is 1. The minimum Gasteiger partial charge on any atom is -0.477 e. The van der Waals surface area contributed by atoms with E-state index in [-0.39, 0.29) is 27.7 Å². The molecule has 3 rings (SSSR count). The lowest BCUT2D eigenvalue weighted by Gasteiger charge is -2.22. The van der Waals surface area contributed by atoms with Gasteiger partial charge in [0.1, 0.15) is 5.69 Å². The van der Waals surface area contributed by atoms with E-state index in [9.17, 15) is 26.4 Å². The predicted octanol–water partition coefficient (Wildman–Crippen LogP) is 3.84. The summed E-state index contributed by atoms with van der Waals surface area (Å²) in [4.78, 5) is 16.0. The van der Waals surface area contributed by atoms with Crippen molar-refractivity contribution >= 4 is 21.7 Å². The third-order valence-electron chi connectivity index (χ3n) is 4.80. The molecule has 2 aromatic rings. The molecule has 176 valence electrons. The van der Waals surface area contributed by atoms with Crippen molar-refractivity contribution in [1.82, 2.24) is 19.5 Å². The van der Waals surface area contributed by atoms with E-state index in [1.54, 1.807) is 27.7 Å². The molecular weight excluding hydrogens is 451 g/mol. The molecule has 1 aliphatic heterocycles. The van der Waals surface area contributed by atoms with Crippen LogP contribution in [0.4, 0.5) is 23.7 Å². The molecular formula is C19H24F3N5O4S. The summed E-state index contributed by atoms with van der Waals surface area (Å²) in [7, 11) is -4.35. The molecule has 0 bridgehead atoms. The number of nitrogens with zero attached hydrogens (tertiary/aromatic N) is 3. The molecule has 13 heteroatoms. The van der Waals surface area contributed by atoms with Gasteiger partial charge in [0.25, 0.3) is 10.0 Å². The Labute approximate surface area is 183 Å². The molecule has 1 aliphatic rings. The molecule has 0 atom stereocenters. The van der Waals surface area contributed by atoms with E-state index in [2.05, 4.69) is 15.4 Å². The fourth-order valence-electron chi connectivity index (χ4n) is 3.29. The van der Waals surface area contributed by atoms with E-state index in [4.69, 9.17) is 4.74 Å². The number of carbonyl (C=O) groups is 1. The van der Waals surface area contributed by atoms with Crippen LogP contribution in [0.15, 0.2) is 17.2 Å². The molecule has 2 amide bonds. The van der Waals surface area contributed by atoms with Crippen LogP contribution in [-0.2, 0) is 22.7 Å². The number of nitrogens with one attached hydrogen (secondary N) is 2. The topological polar surface area (TPSA) is 115 Å². The van der Waals surface area contributed by atoms with Crippen molar-refractivity contribution in [3.8, 4) is 5.88 Å². The van der Waals surface area contributed by atoms with Crippen LogP contribution in [0, 0.1) is 0 Å². The maximum absolute atomic E-state index is 13.3. The first-order valence-corrected chi connectivity index (χ1v) is 11.4. The van der Waals surface area contributed by atoms with Gasteiger partial charge in [-0.05, 0) is 23.5 Å². The van der Waals surface area contributed by atoms with Gasteiger partial charge in [-0.1, -0.05) is 27.7 Å². The summed E-state index contributed by atoms with van der Waals surface area (Å²) in [5.41, 5.74) is -0.840. The van der Waals surface area contributed by atoms with Crippen molar-refractivity contribution in [2.24, 2.45) is 0 Å². The van der Waals surface area contributed by atoms with Crippen molar-refractivity contribution in [3.63, 3.8) is 0 Å². The summed E-state index contributed by atoms with van der Waals surface area (Å²) in [5.74, 6) is -0.851. The maximum atomic E-state index is 13.3. The molecule has 0 unspecified atom stereocenters. The van der Waals surface area contributed by atoms with Crippen LogP contribution in [0.3, 0.4) is 0 Å². The number of urea groups is 1. The lowest BCUT2D eigenvalue weighted by molar-refractivity contribution is -0.141. The molecule has 9 nitrogen and oxygen atoms in total. The number of rotatable bonds is 5. The highest BCUT2D eigenvalue weighted by molar-refractivity contribution is 7.90. The quantitative estimate of drug-likeness (QED) is 0.679. The van der Waals surface area contributed by atoms with Crippen LogP contribution < -0.4 is 14.8 Å². The molecule has 0 fully saturated rings. The van der Waals surface area contributed by atoms with Gasteiger partial charge in [0.15, 0.2) is 4.90 Å². The van der Waals surface area contributed by atoms with E-state index >= 15 is 0 Å². The number of amides is 2. The van der Waals surface area contributed by atoms with Gasteiger partial charge in [0, 0.05) is 13.0 Å². The average molecular weight is 475 g/mol. The number of halogens is 3. The first-order chi connectivity index (χ1) is 14.8. The summed E-state index contributed by atoms with van der Waals surface area (Å²) in [6, 6.07) is -0.269. The van der Waals surface area contributed by atoms with Crippen LogP contribution in [0.5, 0.6) is 5.88 Å².